The highest BCUT2D eigenvalue weighted by Crippen LogP contribution is 2.25. The van der Waals surface area contributed by atoms with Crippen LogP contribution in [0.5, 0.6) is 5.75 Å². The van der Waals surface area contributed by atoms with Gasteiger partial charge in [-0.3, -0.25) is 4.79 Å². The fourth-order valence-corrected chi connectivity index (χ4v) is 3.62. The third-order valence-corrected chi connectivity index (χ3v) is 5.30. The first-order chi connectivity index (χ1) is 16.1. The number of para-hydroxylation sites is 2. The fraction of sp³-hybridized carbons (Fsp3) is 0.148. The highest BCUT2D eigenvalue weighted by Gasteiger charge is 2.22. The molecule has 1 amide bonds. The Morgan fingerprint density at radius 3 is 2.36 bits per heavy atom. The lowest BCUT2D eigenvalue weighted by atomic mass is 10.1. The lowest BCUT2D eigenvalue weighted by Gasteiger charge is -2.22. The number of nitrogens with zero attached hydrogens (tertiary/aromatic N) is 4. The standard InChI is InChI=1S/C27H24N4O2/c1-20(33-25-16-10-9-13-22(25)17-28)27(32)30(2)18-23-19-31(24-14-7-4-8-15-24)29-26(23)21-11-5-3-6-12-21/h3-16,19-20H,18H2,1-2H3. The lowest BCUT2D eigenvalue weighted by Crippen LogP contribution is -2.37. The molecule has 164 valence electrons. The smallest absolute Gasteiger partial charge is 0.263 e. The van der Waals surface area contributed by atoms with E-state index >= 15 is 0 Å². The van der Waals surface area contributed by atoms with E-state index in [0.29, 0.717) is 17.9 Å². The van der Waals surface area contributed by atoms with Gasteiger partial charge in [-0.2, -0.15) is 10.4 Å². The highest BCUT2D eigenvalue weighted by molar-refractivity contribution is 5.81. The Kier molecular flexibility index (Phi) is 6.51. The molecule has 6 heteroatoms. The van der Waals surface area contributed by atoms with Crippen LogP contribution >= 0.6 is 0 Å². The molecule has 1 unspecified atom stereocenters. The number of rotatable bonds is 7. The summed E-state index contributed by atoms with van der Waals surface area (Å²) in [5, 5.41) is 14.1. The van der Waals surface area contributed by atoms with Gasteiger partial charge in [-0.25, -0.2) is 4.68 Å². The van der Waals surface area contributed by atoms with Crippen LogP contribution in [0.2, 0.25) is 0 Å². The number of ether oxygens (including phenoxy) is 1. The van der Waals surface area contributed by atoms with E-state index in [2.05, 4.69) is 6.07 Å². The van der Waals surface area contributed by atoms with E-state index in [4.69, 9.17) is 9.84 Å². The molecule has 0 aliphatic heterocycles. The number of hydrogen-bond acceptors (Lipinski definition) is 4. The molecule has 0 saturated carbocycles. The highest BCUT2D eigenvalue weighted by atomic mass is 16.5. The van der Waals surface area contributed by atoms with Crippen molar-refractivity contribution in [2.45, 2.75) is 19.6 Å². The minimum absolute atomic E-state index is 0.186. The quantitative estimate of drug-likeness (QED) is 0.416. The summed E-state index contributed by atoms with van der Waals surface area (Å²) >= 11 is 0. The van der Waals surface area contributed by atoms with Crippen LogP contribution in [0.4, 0.5) is 0 Å². The molecule has 1 aromatic heterocycles. The van der Waals surface area contributed by atoms with Crippen LogP contribution in [0.3, 0.4) is 0 Å². The summed E-state index contributed by atoms with van der Waals surface area (Å²) in [5.41, 5.74) is 4.07. The number of hydrogen-bond donors (Lipinski definition) is 0. The molecule has 0 bridgehead atoms. The van der Waals surface area contributed by atoms with Gasteiger partial charge in [0, 0.05) is 30.9 Å². The number of likely N-dealkylation sites (N-methyl/N-ethyl adjacent to an activating group) is 1. The van der Waals surface area contributed by atoms with Crippen LogP contribution < -0.4 is 4.74 Å². The van der Waals surface area contributed by atoms with Crippen molar-refractivity contribution in [3.63, 3.8) is 0 Å². The summed E-state index contributed by atoms with van der Waals surface area (Å²) in [5.74, 6) is 0.213. The molecule has 0 aliphatic rings. The summed E-state index contributed by atoms with van der Waals surface area (Å²) < 4.78 is 7.64. The van der Waals surface area contributed by atoms with Crippen molar-refractivity contribution in [3.05, 3.63) is 102 Å². The maximum Gasteiger partial charge on any atom is 0.263 e. The second-order valence-corrected chi connectivity index (χ2v) is 7.71. The molecule has 0 spiro atoms. The van der Waals surface area contributed by atoms with Crippen LogP contribution in [0.15, 0.2) is 91.1 Å². The van der Waals surface area contributed by atoms with Crippen LogP contribution in [0.25, 0.3) is 16.9 Å². The molecule has 0 N–H and O–H groups in total. The number of benzene rings is 3. The summed E-state index contributed by atoms with van der Waals surface area (Å²) in [4.78, 5) is 14.7. The van der Waals surface area contributed by atoms with Crippen molar-refractivity contribution in [1.82, 2.24) is 14.7 Å². The number of carbonyl (C=O) groups is 1. The SMILES string of the molecule is CC(Oc1ccccc1C#N)C(=O)N(C)Cc1cn(-c2ccccc2)nc1-c1ccccc1. The average molecular weight is 437 g/mol. The first kappa shape index (κ1) is 21.8. The van der Waals surface area contributed by atoms with Crippen molar-refractivity contribution in [2.24, 2.45) is 0 Å². The molecule has 4 rings (SSSR count). The predicted octanol–water partition coefficient (Wildman–Crippen LogP) is 4.84. The van der Waals surface area contributed by atoms with Crippen molar-refractivity contribution in [1.29, 1.82) is 5.26 Å². The first-order valence-corrected chi connectivity index (χ1v) is 10.7. The average Bonchev–Trinajstić information content (AvgIpc) is 3.28. The Bertz CT molecular complexity index is 1280. The van der Waals surface area contributed by atoms with E-state index in [1.54, 1.807) is 43.1 Å². The van der Waals surface area contributed by atoms with Gasteiger partial charge in [-0.1, -0.05) is 60.7 Å². The zero-order valence-electron chi connectivity index (χ0n) is 18.6. The van der Waals surface area contributed by atoms with Crippen molar-refractivity contribution in [3.8, 4) is 28.8 Å². The summed E-state index contributed by atoms with van der Waals surface area (Å²) in [6.45, 7) is 2.06. The van der Waals surface area contributed by atoms with Gasteiger partial charge in [0.25, 0.3) is 5.91 Å². The van der Waals surface area contributed by atoms with Crippen LogP contribution in [0.1, 0.15) is 18.1 Å². The van der Waals surface area contributed by atoms with Crippen molar-refractivity contribution >= 4 is 5.91 Å². The lowest BCUT2D eigenvalue weighted by molar-refractivity contribution is -0.137. The summed E-state index contributed by atoms with van der Waals surface area (Å²) in [6.07, 6.45) is 1.21. The largest absolute Gasteiger partial charge is 0.480 e. The molecule has 0 aliphatic carbocycles. The van der Waals surface area contributed by atoms with Gasteiger partial charge in [0.15, 0.2) is 6.10 Å². The number of nitriles is 1. The maximum atomic E-state index is 13.1. The minimum atomic E-state index is -0.742. The molecule has 0 saturated heterocycles. The van der Waals surface area contributed by atoms with Gasteiger partial charge >= 0.3 is 0 Å². The summed E-state index contributed by atoms with van der Waals surface area (Å²) in [6, 6.07) is 28.8. The molecule has 1 heterocycles. The molecular weight excluding hydrogens is 412 g/mol. The van der Waals surface area contributed by atoms with Gasteiger partial charge in [0.2, 0.25) is 0 Å². The Morgan fingerprint density at radius 2 is 1.67 bits per heavy atom. The third kappa shape index (κ3) is 4.94. The monoisotopic (exact) mass is 436 g/mol. The van der Waals surface area contributed by atoms with Gasteiger partial charge in [-0.15, -0.1) is 0 Å². The van der Waals surface area contributed by atoms with Gasteiger partial charge in [0.05, 0.1) is 16.9 Å². The zero-order valence-corrected chi connectivity index (χ0v) is 18.6. The molecular formula is C27H24N4O2. The van der Waals surface area contributed by atoms with Gasteiger partial charge in [0.1, 0.15) is 11.8 Å². The predicted molar refractivity (Wildman–Crippen MR) is 127 cm³/mol. The summed E-state index contributed by atoms with van der Waals surface area (Å²) in [7, 11) is 1.74. The van der Waals surface area contributed by atoms with Gasteiger partial charge < -0.3 is 9.64 Å². The Hall–Kier alpha value is -4.37. The van der Waals surface area contributed by atoms with Crippen LogP contribution in [0, 0.1) is 11.3 Å². The molecule has 3 aromatic carbocycles. The number of aromatic nitrogens is 2. The minimum Gasteiger partial charge on any atom is -0.480 e. The van der Waals surface area contributed by atoms with Crippen molar-refractivity contribution in [2.75, 3.05) is 7.05 Å². The van der Waals surface area contributed by atoms with E-state index in [-0.39, 0.29) is 5.91 Å². The van der Waals surface area contributed by atoms with E-state index < -0.39 is 6.10 Å². The zero-order chi connectivity index (χ0) is 23.2. The van der Waals surface area contributed by atoms with E-state index in [1.807, 2.05) is 71.5 Å². The van der Waals surface area contributed by atoms with Crippen LogP contribution in [-0.4, -0.2) is 33.7 Å². The maximum absolute atomic E-state index is 13.1. The molecule has 6 nitrogen and oxygen atoms in total. The fourth-order valence-electron chi connectivity index (χ4n) is 3.62. The topological polar surface area (TPSA) is 71.2 Å². The van der Waals surface area contributed by atoms with E-state index in [1.165, 1.54) is 0 Å². The van der Waals surface area contributed by atoms with E-state index in [9.17, 15) is 10.1 Å². The second-order valence-electron chi connectivity index (χ2n) is 7.71. The molecule has 1 atom stereocenters. The Balaban J connectivity index is 1.57. The number of amides is 1. The third-order valence-electron chi connectivity index (χ3n) is 5.30. The van der Waals surface area contributed by atoms with Gasteiger partial charge in [-0.05, 0) is 31.2 Å². The number of carbonyl (C=O) groups excluding carboxylic acids is 1. The molecule has 0 fully saturated rings. The molecule has 33 heavy (non-hydrogen) atoms. The Labute approximate surface area is 193 Å². The van der Waals surface area contributed by atoms with Crippen molar-refractivity contribution < 1.29 is 9.53 Å². The molecule has 0 radical (unpaired) electrons. The van der Waals surface area contributed by atoms with Crippen LogP contribution in [-0.2, 0) is 11.3 Å². The second kappa shape index (κ2) is 9.84. The normalized spacial score (nSPS) is 11.4. The molecule has 4 aromatic rings. The van der Waals surface area contributed by atoms with E-state index in [0.717, 1.165) is 22.5 Å². The Morgan fingerprint density at radius 1 is 1.03 bits per heavy atom. The first-order valence-electron chi connectivity index (χ1n) is 10.7.